The van der Waals surface area contributed by atoms with Gasteiger partial charge in [-0.05, 0) is 24.3 Å². The molecule has 0 saturated carbocycles. The highest BCUT2D eigenvalue weighted by atomic mass is 32.2. The van der Waals surface area contributed by atoms with Gasteiger partial charge in [-0.25, -0.2) is 8.42 Å². The predicted octanol–water partition coefficient (Wildman–Crippen LogP) is 2.81. The van der Waals surface area contributed by atoms with Crippen LogP contribution in [0.25, 0.3) is 0 Å². The predicted molar refractivity (Wildman–Crippen MR) is 109 cm³/mol. The molecule has 0 atom stereocenters. The van der Waals surface area contributed by atoms with Gasteiger partial charge in [0.2, 0.25) is 20.3 Å². The molecule has 1 aromatic heterocycles. The number of nitro benzene ring substituents is 1. The maximum Gasteiger partial charge on any atom is 0.293 e. The van der Waals surface area contributed by atoms with Crippen LogP contribution >= 0.6 is 11.3 Å². The molecule has 0 radical (unpaired) electrons. The van der Waals surface area contributed by atoms with Crippen molar-refractivity contribution < 1.29 is 18.1 Å². The summed E-state index contributed by atoms with van der Waals surface area (Å²) in [5.41, 5.74) is 0.641. The Morgan fingerprint density at radius 1 is 1.10 bits per heavy atom. The molecule has 1 amide bonds. The van der Waals surface area contributed by atoms with E-state index in [0.717, 1.165) is 23.7 Å². The lowest BCUT2D eigenvalue weighted by atomic mass is 10.1. The number of hydrogen-bond acceptors (Lipinski definition) is 9. The highest BCUT2D eigenvalue weighted by molar-refractivity contribution is 7.92. The van der Waals surface area contributed by atoms with Crippen molar-refractivity contribution in [2.45, 2.75) is 0 Å². The number of nitrogens with zero attached hydrogens (tertiary/aromatic N) is 3. The fourth-order valence-electron chi connectivity index (χ4n) is 2.25. The first kappa shape index (κ1) is 20.2. The maximum atomic E-state index is 12.4. The molecule has 0 aliphatic rings. The van der Waals surface area contributed by atoms with E-state index in [1.807, 2.05) is 6.07 Å². The number of sulfonamides is 1. The quantitative estimate of drug-likeness (QED) is 0.378. The Labute approximate surface area is 169 Å². The number of rotatable bonds is 7. The molecule has 0 saturated heterocycles. The number of carbonyl (C=O) groups is 1. The van der Waals surface area contributed by atoms with E-state index in [4.69, 9.17) is 0 Å². The third kappa shape index (κ3) is 5.46. The van der Waals surface area contributed by atoms with Crippen molar-refractivity contribution in [3.8, 4) is 0 Å². The average Bonchev–Trinajstić information content (AvgIpc) is 3.07. The van der Waals surface area contributed by atoms with Crippen molar-refractivity contribution in [1.82, 2.24) is 10.2 Å². The lowest BCUT2D eigenvalue weighted by Gasteiger charge is -2.08. The Balaban J connectivity index is 1.79. The van der Waals surface area contributed by atoms with Crippen LogP contribution in [-0.2, 0) is 10.0 Å². The van der Waals surface area contributed by atoms with Crippen LogP contribution in [0, 0.1) is 10.1 Å². The first-order chi connectivity index (χ1) is 13.7. The summed E-state index contributed by atoms with van der Waals surface area (Å²) in [4.78, 5) is 23.2. The number of carbonyl (C=O) groups excluding carboxylic acids is 1. The van der Waals surface area contributed by atoms with Crippen LogP contribution in [0.4, 0.5) is 27.3 Å². The summed E-state index contributed by atoms with van der Waals surface area (Å²) in [6.07, 6.45) is 0.955. The molecule has 29 heavy (non-hydrogen) atoms. The second-order valence-electron chi connectivity index (χ2n) is 5.72. The first-order valence-corrected chi connectivity index (χ1v) is 10.7. The highest BCUT2D eigenvalue weighted by Gasteiger charge is 2.19. The number of para-hydroxylation sites is 1. The Morgan fingerprint density at radius 3 is 2.45 bits per heavy atom. The minimum atomic E-state index is -3.53. The van der Waals surface area contributed by atoms with Gasteiger partial charge < -0.3 is 5.32 Å². The van der Waals surface area contributed by atoms with Crippen molar-refractivity contribution in [3.63, 3.8) is 0 Å². The summed E-state index contributed by atoms with van der Waals surface area (Å²) < 4.78 is 24.5. The van der Waals surface area contributed by atoms with Crippen molar-refractivity contribution in [2.24, 2.45) is 0 Å². The first-order valence-electron chi connectivity index (χ1n) is 7.94. The van der Waals surface area contributed by atoms with Crippen LogP contribution in [-0.4, -0.2) is 35.7 Å². The minimum Gasteiger partial charge on any atom is -0.350 e. The monoisotopic (exact) mass is 434 g/mol. The Morgan fingerprint density at radius 2 is 1.79 bits per heavy atom. The van der Waals surface area contributed by atoms with E-state index in [0.29, 0.717) is 5.69 Å². The van der Waals surface area contributed by atoms with Crippen molar-refractivity contribution in [3.05, 3.63) is 64.2 Å². The van der Waals surface area contributed by atoms with Gasteiger partial charge in [0.25, 0.3) is 11.6 Å². The molecule has 11 nitrogen and oxygen atoms in total. The molecule has 13 heteroatoms. The molecule has 0 fully saturated rings. The van der Waals surface area contributed by atoms with E-state index in [-0.39, 0.29) is 27.2 Å². The molecule has 3 rings (SSSR count). The van der Waals surface area contributed by atoms with E-state index < -0.39 is 20.9 Å². The number of aromatic nitrogens is 2. The molecular formula is C16H14N6O5S2. The second-order valence-corrected chi connectivity index (χ2v) is 8.45. The lowest BCUT2D eigenvalue weighted by Crippen LogP contribution is -2.12. The summed E-state index contributed by atoms with van der Waals surface area (Å²) in [6.45, 7) is 0. The van der Waals surface area contributed by atoms with Gasteiger partial charge >= 0.3 is 0 Å². The molecule has 1 heterocycles. The van der Waals surface area contributed by atoms with Crippen LogP contribution < -0.4 is 15.4 Å². The minimum absolute atomic E-state index is 0.0174. The van der Waals surface area contributed by atoms with E-state index >= 15 is 0 Å². The number of nitro groups is 1. The van der Waals surface area contributed by atoms with Gasteiger partial charge in [0.05, 0.1) is 11.2 Å². The summed E-state index contributed by atoms with van der Waals surface area (Å²) >= 11 is 0.808. The summed E-state index contributed by atoms with van der Waals surface area (Å²) in [6, 6.07) is 12.9. The van der Waals surface area contributed by atoms with Gasteiger partial charge in [0, 0.05) is 17.3 Å². The zero-order chi connectivity index (χ0) is 21.0. The second kappa shape index (κ2) is 8.20. The Bertz CT molecular complexity index is 1160. The van der Waals surface area contributed by atoms with Gasteiger partial charge in [-0.1, -0.05) is 29.5 Å². The smallest absolute Gasteiger partial charge is 0.293 e. The van der Waals surface area contributed by atoms with Crippen LogP contribution in [0.3, 0.4) is 0 Å². The fourth-order valence-corrected chi connectivity index (χ4v) is 3.72. The van der Waals surface area contributed by atoms with Crippen molar-refractivity contribution in [2.75, 3.05) is 21.6 Å². The topological polar surface area (TPSA) is 156 Å². The van der Waals surface area contributed by atoms with E-state index in [2.05, 4.69) is 25.6 Å². The fraction of sp³-hybridized carbons (Fsp3) is 0.0625. The van der Waals surface area contributed by atoms with Crippen LogP contribution in [0.2, 0.25) is 0 Å². The van der Waals surface area contributed by atoms with Crippen molar-refractivity contribution >= 4 is 54.6 Å². The summed E-state index contributed by atoms with van der Waals surface area (Å²) in [5.74, 6) is -0.651. The third-order valence-corrected chi connectivity index (χ3v) is 4.88. The molecule has 0 spiro atoms. The number of anilines is 4. The van der Waals surface area contributed by atoms with Gasteiger partial charge in [-0.15, -0.1) is 10.2 Å². The molecule has 3 N–H and O–H groups in total. The molecule has 0 aliphatic heterocycles. The summed E-state index contributed by atoms with van der Waals surface area (Å²) in [7, 11) is -3.53. The number of hydrogen-bond donors (Lipinski definition) is 3. The molecular weight excluding hydrogens is 420 g/mol. The van der Waals surface area contributed by atoms with Crippen molar-refractivity contribution in [1.29, 1.82) is 0 Å². The standard InChI is InChI=1S/C16H14N6O5S2/c1-29(26,27)21-16-20-19-15(28-16)18-14(23)10-7-8-12(13(9-10)22(24)25)17-11-5-3-2-4-6-11/h2-9,17H,1H3,(H,20,21)(H,18,19,23). The molecule has 0 bridgehead atoms. The Hall–Kier alpha value is -3.58. The normalized spacial score (nSPS) is 10.9. The number of amides is 1. The lowest BCUT2D eigenvalue weighted by molar-refractivity contribution is -0.383. The van der Waals surface area contributed by atoms with Gasteiger partial charge in [-0.3, -0.25) is 24.9 Å². The zero-order valence-electron chi connectivity index (χ0n) is 14.8. The van der Waals surface area contributed by atoms with Gasteiger partial charge in [-0.2, -0.15) is 0 Å². The highest BCUT2D eigenvalue weighted by Crippen LogP contribution is 2.29. The van der Waals surface area contributed by atoms with E-state index in [1.54, 1.807) is 24.3 Å². The molecule has 0 aliphatic carbocycles. The SMILES string of the molecule is CS(=O)(=O)Nc1nnc(NC(=O)c2ccc(Nc3ccccc3)c([N+](=O)[O-])c2)s1. The van der Waals surface area contributed by atoms with Crippen LogP contribution in [0.5, 0.6) is 0 Å². The van der Waals surface area contributed by atoms with E-state index in [1.165, 1.54) is 12.1 Å². The van der Waals surface area contributed by atoms with Crippen LogP contribution in [0.15, 0.2) is 48.5 Å². The maximum absolute atomic E-state index is 12.4. The third-order valence-electron chi connectivity index (χ3n) is 3.43. The summed E-state index contributed by atoms with van der Waals surface area (Å²) in [5, 5.41) is 24.1. The molecule has 2 aromatic carbocycles. The van der Waals surface area contributed by atoms with E-state index in [9.17, 15) is 23.3 Å². The number of benzene rings is 2. The molecule has 3 aromatic rings. The molecule has 0 unspecified atom stereocenters. The largest absolute Gasteiger partial charge is 0.350 e. The van der Waals surface area contributed by atoms with Gasteiger partial charge in [0.15, 0.2) is 0 Å². The number of nitrogens with one attached hydrogen (secondary N) is 3. The van der Waals surface area contributed by atoms with Crippen LogP contribution in [0.1, 0.15) is 10.4 Å². The Kier molecular flexibility index (Phi) is 5.70. The van der Waals surface area contributed by atoms with Gasteiger partial charge in [0.1, 0.15) is 5.69 Å². The zero-order valence-corrected chi connectivity index (χ0v) is 16.5. The average molecular weight is 434 g/mol. The molecule has 150 valence electrons.